The SMILES string of the molecule is Nc1cc(-c2nc(-c3ncc[nH]3)no2)ccn1. The Kier molecular flexibility index (Phi) is 2.08. The average molecular weight is 228 g/mol. The van der Waals surface area contributed by atoms with E-state index < -0.39 is 0 Å². The maximum Gasteiger partial charge on any atom is 0.258 e. The molecule has 3 N–H and O–H groups in total. The lowest BCUT2D eigenvalue weighted by Crippen LogP contribution is -1.89. The molecule has 0 aliphatic rings. The second-order valence-electron chi connectivity index (χ2n) is 3.33. The number of rotatable bonds is 2. The number of aromatic amines is 1. The molecule has 0 aliphatic heterocycles. The lowest BCUT2D eigenvalue weighted by Gasteiger charge is -1.94. The lowest BCUT2D eigenvalue weighted by atomic mass is 10.2. The van der Waals surface area contributed by atoms with Crippen LogP contribution in [0, 0.1) is 0 Å². The summed E-state index contributed by atoms with van der Waals surface area (Å²) in [7, 11) is 0. The third-order valence-corrected chi connectivity index (χ3v) is 2.16. The summed E-state index contributed by atoms with van der Waals surface area (Å²) in [6, 6.07) is 3.41. The Morgan fingerprint density at radius 1 is 1.24 bits per heavy atom. The van der Waals surface area contributed by atoms with Crippen molar-refractivity contribution in [2.75, 3.05) is 5.73 Å². The van der Waals surface area contributed by atoms with Crippen LogP contribution in [0.15, 0.2) is 35.2 Å². The summed E-state index contributed by atoms with van der Waals surface area (Å²) in [5.41, 5.74) is 6.30. The van der Waals surface area contributed by atoms with Crippen molar-refractivity contribution in [3.63, 3.8) is 0 Å². The van der Waals surface area contributed by atoms with Crippen molar-refractivity contribution in [2.24, 2.45) is 0 Å². The van der Waals surface area contributed by atoms with E-state index in [0.717, 1.165) is 5.56 Å². The van der Waals surface area contributed by atoms with Crippen LogP contribution in [0.3, 0.4) is 0 Å². The van der Waals surface area contributed by atoms with Crippen LogP contribution >= 0.6 is 0 Å². The van der Waals surface area contributed by atoms with Gasteiger partial charge in [0, 0.05) is 24.2 Å². The molecule has 3 rings (SSSR count). The summed E-state index contributed by atoms with van der Waals surface area (Å²) in [5, 5.41) is 3.82. The minimum atomic E-state index is 0.380. The summed E-state index contributed by atoms with van der Waals surface area (Å²) >= 11 is 0. The molecule has 3 aromatic heterocycles. The fraction of sp³-hybridized carbons (Fsp3) is 0. The van der Waals surface area contributed by atoms with Crippen molar-refractivity contribution in [1.29, 1.82) is 0 Å². The van der Waals surface area contributed by atoms with Gasteiger partial charge in [0.2, 0.25) is 5.82 Å². The zero-order valence-corrected chi connectivity index (χ0v) is 8.66. The Morgan fingerprint density at radius 3 is 2.94 bits per heavy atom. The molecule has 0 aromatic carbocycles. The first-order valence-electron chi connectivity index (χ1n) is 4.88. The van der Waals surface area contributed by atoms with Gasteiger partial charge in [-0.3, -0.25) is 0 Å². The van der Waals surface area contributed by atoms with E-state index in [1.54, 1.807) is 30.7 Å². The van der Waals surface area contributed by atoms with E-state index in [1.807, 2.05) is 0 Å². The minimum absolute atomic E-state index is 0.380. The molecule has 7 heteroatoms. The molecule has 0 fully saturated rings. The van der Waals surface area contributed by atoms with Gasteiger partial charge < -0.3 is 15.2 Å². The quantitative estimate of drug-likeness (QED) is 0.680. The first kappa shape index (κ1) is 9.52. The average Bonchev–Trinajstić information content (AvgIpc) is 3.00. The number of hydrogen-bond acceptors (Lipinski definition) is 6. The van der Waals surface area contributed by atoms with E-state index >= 15 is 0 Å². The van der Waals surface area contributed by atoms with Crippen molar-refractivity contribution in [3.05, 3.63) is 30.7 Å². The molecule has 84 valence electrons. The first-order chi connectivity index (χ1) is 8.33. The van der Waals surface area contributed by atoms with Gasteiger partial charge in [-0.2, -0.15) is 4.98 Å². The molecule has 17 heavy (non-hydrogen) atoms. The van der Waals surface area contributed by atoms with Crippen molar-refractivity contribution >= 4 is 5.82 Å². The summed E-state index contributed by atoms with van der Waals surface area (Å²) < 4.78 is 5.13. The Morgan fingerprint density at radius 2 is 2.18 bits per heavy atom. The number of anilines is 1. The number of pyridine rings is 1. The van der Waals surface area contributed by atoms with Gasteiger partial charge in [-0.15, -0.1) is 0 Å². The van der Waals surface area contributed by atoms with Crippen molar-refractivity contribution in [1.82, 2.24) is 25.1 Å². The van der Waals surface area contributed by atoms with Gasteiger partial charge in [-0.25, -0.2) is 9.97 Å². The summed E-state index contributed by atoms with van der Waals surface area (Å²) in [6.07, 6.45) is 4.90. The number of aromatic nitrogens is 5. The number of H-pyrrole nitrogens is 1. The topological polar surface area (TPSA) is 107 Å². The van der Waals surface area contributed by atoms with Gasteiger partial charge in [0.15, 0.2) is 5.82 Å². The minimum Gasteiger partial charge on any atom is -0.384 e. The molecular formula is C10H8N6O. The maximum atomic E-state index is 5.58. The largest absolute Gasteiger partial charge is 0.384 e. The van der Waals surface area contributed by atoms with Gasteiger partial charge in [0.1, 0.15) is 5.82 Å². The normalized spacial score (nSPS) is 10.6. The molecular weight excluding hydrogens is 220 g/mol. The van der Waals surface area contributed by atoms with E-state index in [9.17, 15) is 0 Å². The standard InChI is InChI=1S/C10H8N6O/c11-7-5-6(1-2-12-7)10-15-9(16-17-10)8-13-3-4-14-8/h1-5H,(H2,11,12)(H,13,14). The smallest absolute Gasteiger partial charge is 0.258 e. The Bertz CT molecular complexity index is 630. The predicted molar refractivity (Wildman–Crippen MR) is 59.5 cm³/mol. The first-order valence-corrected chi connectivity index (χ1v) is 4.88. The monoisotopic (exact) mass is 228 g/mol. The molecule has 0 atom stereocenters. The molecule has 0 saturated carbocycles. The highest BCUT2D eigenvalue weighted by molar-refractivity contribution is 5.58. The van der Waals surface area contributed by atoms with Gasteiger partial charge in [0.05, 0.1) is 0 Å². The molecule has 0 aliphatic carbocycles. The zero-order valence-electron chi connectivity index (χ0n) is 8.66. The van der Waals surface area contributed by atoms with Gasteiger partial charge in [0.25, 0.3) is 5.89 Å². The van der Waals surface area contributed by atoms with E-state index in [1.165, 1.54) is 0 Å². The fourth-order valence-electron chi connectivity index (χ4n) is 1.41. The van der Waals surface area contributed by atoms with E-state index in [-0.39, 0.29) is 0 Å². The number of imidazole rings is 1. The number of nitrogens with two attached hydrogens (primary N) is 1. The summed E-state index contributed by atoms with van der Waals surface area (Å²) in [4.78, 5) is 15.0. The van der Waals surface area contributed by atoms with Gasteiger partial charge in [-0.05, 0) is 12.1 Å². The van der Waals surface area contributed by atoms with Crippen LogP contribution in [0.2, 0.25) is 0 Å². The molecule has 0 spiro atoms. The number of nitrogens with one attached hydrogen (secondary N) is 1. The van der Waals surface area contributed by atoms with Crippen LogP contribution in [0.25, 0.3) is 23.1 Å². The van der Waals surface area contributed by atoms with Crippen LogP contribution in [-0.4, -0.2) is 25.1 Å². The Hall–Kier alpha value is -2.70. The predicted octanol–water partition coefficient (Wildman–Crippen LogP) is 1.10. The van der Waals surface area contributed by atoms with Crippen molar-refractivity contribution in [3.8, 4) is 23.1 Å². The second kappa shape index (κ2) is 3.71. The van der Waals surface area contributed by atoms with Gasteiger partial charge in [-0.1, -0.05) is 5.16 Å². The van der Waals surface area contributed by atoms with Crippen LogP contribution in [0.4, 0.5) is 5.82 Å². The van der Waals surface area contributed by atoms with Crippen LogP contribution < -0.4 is 5.73 Å². The lowest BCUT2D eigenvalue weighted by molar-refractivity contribution is 0.432. The summed E-state index contributed by atoms with van der Waals surface area (Å²) in [5.74, 6) is 1.74. The van der Waals surface area contributed by atoms with Crippen molar-refractivity contribution < 1.29 is 4.52 Å². The van der Waals surface area contributed by atoms with Crippen LogP contribution in [0.5, 0.6) is 0 Å². The highest BCUT2D eigenvalue weighted by atomic mass is 16.5. The molecule has 3 heterocycles. The fourth-order valence-corrected chi connectivity index (χ4v) is 1.41. The van der Waals surface area contributed by atoms with E-state index in [0.29, 0.717) is 23.4 Å². The summed E-state index contributed by atoms with van der Waals surface area (Å²) in [6.45, 7) is 0. The Balaban J connectivity index is 2.01. The third-order valence-electron chi connectivity index (χ3n) is 2.16. The third kappa shape index (κ3) is 1.73. The van der Waals surface area contributed by atoms with Gasteiger partial charge >= 0.3 is 0 Å². The van der Waals surface area contributed by atoms with E-state index in [4.69, 9.17) is 10.3 Å². The molecule has 7 nitrogen and oxygen atoms in total. The highest BCUT2D eigenvalue weighted by Crippen LogP contribution is 2.20. The Labute approximate surface area is 95.7 Å². The van der Waals surface area contributed by atoms with Crippen LogP contribution in [-0.2, 0) is 0 Å². The molecule has 0 amide bonds. The van der Waals surface area contributed by atoms with E-state index in [2.05, 4.69) is 25.1 Å². The number of hydrogen-bond donors (Lipinski definition) is 2. The molecule has 0 saturated heterocycles. The number of nitrogens with zero attached hydrogens (tertiary/aromatic N) is 4. The number of nitrogen functional groups attached to an aromatic ring is 1. The maximum absolute atomic E-state index is 5.58. The molecule has 3 aromatic rings. The molecule has 0 unspecified atom stereocenters. The highest BCUT2D eigenvalue weighted by Gasteiger charge is 2.12. The second-order valence-corrected chi connectivity index (χ2v) is 3.33. The zero-order chi connectivity index (χ0) is 11.7. The van der Waals surface area contributed by atoms with Crippen molar-refractivity contribution in [2.45, 2.75) is 0 Å². The molecule has 0 bridgehead atoms. The van der Waals surface area contributed by atoms with Crippen LogP contribution in [0.1, 0.15) is 0 Å². The molecule has 0 radical (unpaired) electrons.